The number of fused-ring (bicyclic) bond motifs is 1. The molecule has 2 aliphatic rings. The van der Waals surface area contributed by atoms with Crippen LogP contribution in [0, 0.1) is 0 Å². The zero-order valence-corrected chi connectivity index (χ0v) is 11.9. The Balaban J connectivity index is 1.56. The molecule has 3 rings (SSSR count). The molecule has 0 bridgehead atoms. The number of nitrogens with zero attached hydrogens (tertiary/aromatic N) is 1. The minimum atomic E-state index is 0.319. The zero-order valence-electron chi connectivity index (χ0n) is 11.1. The van der Waals surface area contributed by atoms with E-state index in [2.05, 4.69) is 17.0 Å². The summed E-state index contributed by atoms with van der Waals surface area (Å²) in [6.45, 7) is 3.61. The first-order valence-corrected chi connectivity index (χ1v) is 7.50. The maximum Gasteiger partial charge on any atom is 0.231 e. The fourth-order valence-electron chi connectivity index (χ4n) is 2.75. The van der Waals surface area contributed by atoms with Crippen LogP contribution in [-0.4, -0.2) is 36.7 Å². The summed E-state index contributed by atoms with van der Waals surface area (Å²) >= 11 is 6.30. The average molecular weight is 282 g/mol. The molecular weight excluding hydrogens is 262 g/mol. The first kappa shape index (κ1) is 13.1. The molecular formula is C15H20ClNO2. The van der Waals surface area contributed by atoms with Crippen LogP contribution in [0.1, 0.15) is 24.8 Å². The maximum absolute atomic E-state index is 6.30. The molecule has 0 aliphatic carbocycles. The van der Waals surface area contributed by atoms with E-state index in [1.165, 1.54) is 24.9 Å². The molecule has 1 fully saturated rings. The van der Waals surface area contributed by atoms with E-state index in [1.54, 1.807) is 0 Å². The molecule has 0 saturated carbocycles. The van der Waals surface area contributed by atoms with Crippen molar-refractivity contribution in [2.24, 2.45) is 0 Å². The summed E-state index contributed by atoms with van der Waals surface area (Å²) in [5.41, 5.74) is 1.31. The average Bonchev–Trinajstić information content (AvgIpc) is 2.78. The number of hydrogen-bond acceptors (Lipinski definition) is 3. The van der Waals surface area contributed by atoms with Crippen LogP contribution in [0.4, 0.5) is 0 Å². The van der Waals surface area contributed by atoms with Crippen molar-refractivity contribution in [1.82, 2.24) is 4.90 Å². The van der Waals surface area contributed by atoms with Gasteiger partial charge in [-0.25, -0.2) is 0 Å². The van der Waals surface area contributed by atoms with Crippen molar-refractivity contribution in [3.8, 4) is 11.5 Å². The lowest BCUT2D eigenvalue weighted by atomic mass is 10.1. The van der Waals surface area contributed by atoms with Crippen molar-refractivity contribution < 1.29 is 9.47 Å². The highest BCUT2D eigenvalue weighted by Gasteiger charge is 2.17. The van der Waals surface area contributed by atoms with Gasteiger partial charge in [0.15, 0.2) is 11.5 Å². The molecule has 1 saturated heterocycles. The van der Waals surface area contributed by atoms with E-state index in [4.69, 9.17) is 21.1 Å². The Kier molecular flexibility index (Phi) is 4.14. The number of hydrogen-bond donors (Lipinski definition) is 0. The fourth-order valence-corrected chi connectivity index (χ4v) is 3.10. The third-order valence-corrected chi connectivity index (χ3v) is 4.21. The summed E-state index contributed by atoms with van der Waals surface area (Å²) < 4.78 is 10.7. The number of ether oxygens (including phenoxy) is 2. The van der Waals surface area contributed by atoms with Gasteiger partial charge >= 0.3 is 0 Å². The Bertz CT molecular complexity index is 438. The summed E-state index contributed by atoms with van der Waals surface area (Å²) in [6, 6.07) is 6.23. The van der Waals surface area contributed by atoms with E-state index in [1.807, 2.05) is 6.07 Å². The van der Waals surface area contributed by atoms with Crippen LogP contribution in [0.3, 0.4) is 0 Å². The Morgan fingerprint density at radius 3 is 3.05 bits per heavy atom. The standard InChI is InChI=1S/C15H20ClNO2/c16-13-3-1-2-7-17(10-13)8-6-12-4-5-14-15(9-12)19-11-18-14/h4-5,9,13H,1-3,6-8,10-11H2/t13-/m1/s1. The van der Waals surface area contributed by atoms with Crippen molar-refractivity contribution >= 4 is 11.6 Å². The SMILES string of the molecule is Cl[C@@H]1CCCCN(CCc2ccc3c(c2)OCO3)C1. The first-order chi connectivity index (χ1) is 9.31. The van der Waals surface area contributed by atoms with Crippen molar-refractivity contribution in [3.63, 3.8) is 0 Å². The van der Waals surface area contributed by atoms with E-state index < -0.39 is 0 Å². The van der Waals surface area contributed by atoms with Crippen LogP contribution in [-0.2, 0) is 6.42 Å². The van der Waals surface area contributed by atoms with Crippen molar-refractivity contribution in [2.45, 2.75) is 31.1 Å². The van der Waals surface area contributed by atoms with Crippen molar-refractivity contribution in [1.29, 1.82) is 0 Å². The predicted molar refractivity (Wildman–Crippen MR) is 76.2 cm³/mol. The minimum Gasteiger partial charge on any atom is -0.454 e. The molecule has 1 aromatic rings. The molecule has 2 aliphatic heterocycles. The molecule has 2 heterocycles. The lowest BCUT2D eigenvalue weighted by Crippen LogP contribution is -2.30. The van der Waals surface area contributed by atoms with E-state index in [9.17, 15) is 0 Å². The monoisotopic (exact) mass is 281 g/mol. The second kappa shape index (κ2) is 6.02. The van der Waals surface area contributed by atoms with Gasteiger partial charge in [-0.2, -0.15) is 0 Å². The molecule has 0 spiro atoms. The number of likely N-dealkylation sites (tertiary alicyclic amines) is 1. The minimum absolute atomic E-state index is 0.319. The summed E-state index contributed by atoms with van der Waals surface area (Å²) in [5, 5.41) is 0.319. The molecule has 1 aromatic carbocycles. The topological polar surface area (TPSA) is 21.7 Å². The largest absolute Gasteiger partial charge is 0.454 e. The van der Waals surface area contributed by atoms with Gasteiger partial charge in [-0.1, -0.05) is 12.5 Å². The number of halogens is 1. The third-order valence-electron chi connectivity index (χ3n) is 3.85. The summed E-state index contributed by atoms with van der Waals surface area (Å²) in [6.07, 6.45) is 4.72. The molecule has 0 aromatic heterocycles. The highest BCUT2D eigenvalue weighted by atomic mass is 35.5. The molecule has 1 atom stereocenters. The zero-order chi connectivity index (χ0) is 13.1. The Hall–Kier alpha value is -0.930. The van der Waals surface area contributed by atoms with Crippen LogP contribution in [0.25, 0.3) is 0 Å². The van der Waals surface area contributed by atoms with Crippen LogP contribution >= 0.6 is 11.6 Å². The number of rotatable bonds is 3. The Morgan fingerprint density at radius 1 is 1.21 bits per heavy atom. The smallest absolute Gasteiger partial charge is 0.231 e. The highest BCUT2D eigenvalue weighted by Crippen LogP contribution is 2.32. The van der Waals surface area contributed by atoms with Crippen molar-refractivity contribution in [3.05, 3.63) is 23.8 Å². The van der Waals surface area contributed by atoms with E-state index in [0.29, 0.717) is 12.2 Å². The second-order valence-corrected chi connectivity index (χ2v) is 5.95. The van der Waals surface area contributed by atoms with Gasteiger partial charge in [0.25, 0.3) is 0 Å². The van der Waals surface area contributed by atoms with Crippen molar-refractivity contribution in [2.75, 3.05) is 26.4 Å². The second-order valence-electron chi connectivity index (χ2n) is 5.33. The maximum atomic E-state index is 6.30. The van der Waals surface area contributed by atoms with Crippen LogP contribution < -0.4 is 9.47 Å². The Labute approximate surface area is 119 Å². The summed E-state index contributed by atoms with van der Waals surface area (Å²) in [7, 11) is 0. The predicted octanol–water partition coefficient (Wildman–Crippen LogP) is 3.05. The van der Waals surface area contributed by atoms with Gasteiger partial charge in [-0.15, -0.1) is 11.6 Å². The van der Waals surface area contributed by atoms with Gasteiger partial charge in [0, 0.05) is 18.5 Å². The molecule has 0 unspecified atom stereocenters. The van der Waals surface area contributed by atoms with E-state index in [-0.39, 0.29) is 0 Å². The van der Waals surface area contributed by atoms with E-state index >= 15 is 0 Å². The third kappa shape index (κ3) is 3.34. The van der Waals surface area contributed by atoms with Crippen LogP contribution in [0.2, 0.25) is 0 Å². The normalized spacial score (nSPS) is 23.3. The number of benzene rings is 1. The molecule has 0 radical (unpaired) electrons. The molecule has 3 nitrogen and oxygen atoms in total. The van der Waals surface area contributed by atoms with Gasteiger partial charge in [0.2, 0.25) is 6.79 Å². The summed E-state index contributed by atoms with van der Waals surface area (Å²) in [4.78, 5) is 2.48. The summed E-state index contributed by atoms with van der Waals surface area (Å²) in [5.74, 6) is 1.74. The Morgan fingerprint density at radius 2 is 2.11 bits per heavy atom. The fraction of sp³-hybridized carbons (Fsp3) is 0.600. The van der Waals surface area contributed by atoms with E-state index in [0.717, 1.165) is 37.4 Å². The van der Waals surface area contributed by atoms with Crippen LogP contribution in [0.15, 0.2) is 18.2 Å². The molecule has 0 amide bonds. The molecule has 0 N–H and O–H groups in total. The van der Waals surface area contributed by atoms with Gasteiger partial charge in [-0.05, 0) is 43.5 Å². The number of alkyl halides is 1. The molecule has 104 valence electrons. The lowest BCUT2D eigenvalue weighted by molar-refractivity contribution is 0.174. The van der Waals surface area contributed by atoms with Gasteiger partial charge in [0.05, 0.1) is 0 Å². The van der Waals surface area contributed by atoms with Gasteiger partial charge < -0.3 is 14.4 Å². The molecule has 4 heteroatoms. The first-order valence-electron chi connectivity index (χ1n) is 7.06. The lowest BCUT2D eigenvalue weighted by Gasteiger charge is -2.21. The molecule has 19 heavy (non-hydrogen) atoms. The quantitative estimate of drug-likeness (QED) is 0.795. The van der Waals surface area contributed by atoms with Gasteiger partial charge in [-0.3, -0.25) is 0 Å². The van der Waals surface area contributed by atoms with Gasteiger partial charge in [0.1, 0.15) is 0 Å². The van der Waals surface area contributed by atoms with Crippen LogP contribution in [0.5, 0.6) is 11.5 Å². The highest BCUT2D eigenvalue weighted by molar-refractivity contribution is 6.20.